The smallest absolute Gasteiger partial charge is 0.265 e. The van der Waals surface area contributed by atoms with Crippen molar-refractivity contribution in [2.24, 2.45) is 11.1 Å². The van der Waals surface area contributed by atoms with E-state index in [2.05, 4.69) is 12.2 Å². The summed E-state index contributed by atoms with van der Waals surface area (Å²) in [6, 6.07) is 10.7. The molecule has 25 heavy (non-hydrogen) atoms. The number of carbonyl (C=O) groups excluding carboxylic acids is 2. The van der Waals surface area contributed by atoms with Crippen molar-refractivity contribution >= 4 is 41.2 Å². The Morgan fingerprint density at radius 1 is 1.28 bits per heavy atom. The Kier molecular flexibility index (Phi) is 6.21. The van der Waals surface area contributed by atoms with Crippen molar-refractivity contribution in [3.05, 3.63) is 52.2 Å². The van der Waals surface area contributed by atoms with Gasteiger partial charge in [0.2, 0.25) is 0 Å². The van der Waals surface area contributed by atoms with Gasteiger partial charge in [0.1, 0.15) is 0 Å². The number of carbonyl (C=O) groups is 2. The highest BCUT2D eigenvalue weighted by molar-refractivity contribution is 7.12. The van der Waals surface area contributed by atoms with Gasteiger partial charge in [0.25, 0.3) is 11.8 Å². The summed E-state index contributed by atoms with van der Waals surface area (Å²) in [4.78, 5) is 27.6. The molecule has 0 spiro atoms. The second-order valence-corrected chi connectivity index (χ2v) is 7.42. The van der Waals surface area contributed by atoms with E-state index < -0.39 is 0 Å². The van der Waals surface area contributed by atoms with E-state index in [9.17, 15) is 9.59 Å². The summed E-state index contributed by atoms with van der Waals surface area (Å²) in [6.45, 7) is 4.01. The molecule has 1 saturated heterocycles. The standard InChI is InChI=1S/C18H21N3O2S.ClH/c1-18(11-19)8-9-21(12-18)17(23)13-5-2-3-6-14(13)20-16(22)15-7-4-10-24-15;/h2-7,10H,8-9,11-12,19H2,1H3,(H,20,22);1H. The minimum Gasteiger partial charge on any atom is -0.338 e. The number of nitrogens with two attached hydrogens (primary N) is 1. The molecule has 1 fully saturated rings. The predicted octanol–water partition coefficient (Wildman–Crippen LogP) is 3.23. The predicted molar refractivity (Wildman–Crippen MR) is 104 cm³/mol. The van der Waals surface area contributed by atoms with E-state index in [0.29, 0.717) is 35.8 Å². The summed E-state index contributed by atoms with van der Waals surface area (Å²) in [5.74, 6) is -0.257. The maximum atomic E-state index is 12.9. The normalized spacial score (nSPS) is 19.4. The van der Waals surface area contributed by atoms with Crippen molar-refractivity contribution in [3.63, 3.8) is 0 Å². The number of anilines is 1. The van der Waals surface area contributed by atoms with Gasteiger partial charge in [0.05, 0.1) is 16.1 Å². The van der Waals surface area contributed by atoms with Gasteiger partial charge in [0.15, 0.2) is 0 Å². The van der Waals surface area contributed by atoms with Gasteiger partial charge in [-0.15, -0.1) is 23.7 Å². The molecule has 0 bridgehead atoms. The Hall–Kier alpha value is -1.89. The van der Waals surface area contributed by atoms with E-state index >= 15 is 0 Å². The molecule has 2 amide bonds. The number of likely N-dealkylation sites (tertiary alicyclic amines) is 1. The molecule has 1 aromatic heterocycles. The molecule has 7 heteroatoms. The number of nitrogens with one attached hydrogen (secondary N) is 1. The number of thiophene rings is 1. The highest BCUT2D eigenvalue weighted by Crippen LogP contribution is 2.30. The SMILES string of the molecule is CC1(CN)CCN(C(=O)c2ccccc2NC(=O)c2cccs2)C1.Cl. The highest BCUT2D eigenvalue weighted by atomic mass is 35.5. The molecule has 0 saturated carbocycles. The summed E-state index contributed by atoms with van der Waals surface area (Å²) in [7, 11) is 0. The molecule has 134 valence electrons. The number of rotatable bonds is 4. The lowest BCUT2D eigenvalue weighted by Crippen LogP contribution is -2.34. The van der Waals surface area contributed by atoms with Crippen LogP contribution in [0.2, 0.25) is 0 Å². The average Bonchev–Trinajstić information content (AvgIpc) is 3.25. The van der Waals surface area contributed by atoms with Crippen LogP contribution < -0.4 is 11.1 Å². The van der Waals surface area contributed by atoms with Gasteiger partial charge in [-0.2, -0.15) is 0 Å². The van der Waals surface area contributed by atoms with Crippen molar-refractivity contribution < 1.29 is 9.59 Å². The van der Waals surface area contributed by atoms with Crippen LogP contribution in [0.25, 0.3) is 0 Å². The number of hydrogen-bond donors (Lipinski definition) is 2. The minimum absolute atomic E-state index is 0. The molecule has 1 atom stereocenters. The molecular formula is C18H22ClN3O2S. The molecule has 0 radical (unpaired) electrons. The van der Waals surface area contributed by atoms with Gasteiger partial charge in [-0.05, 0) is 42.0 Å². The van der Waals surface area contributed by atoms with Crippen LogP contribution in [-0.4, -0.2) is 36.3 Å². The van der Waals surface area contributed by atoms with E-state index in [1.807, 2.05) is 28.5 Å². The van der Waals surface area contributed by atoms with Crippen LogP contribution in [-0.2, 0) is 0 Å². The van der Waals surface area contributed by atoms with E-state index in [-0.39, 0.29) is 29.6 Å². The molecule has 1 unspecified atom stereocenters. The average molecular weight is 380 g/mol. The van der Waals surface area contributed by atoms with Crippen LogP contribution in [0.4, 0.5) is 5.69 Å². The van der Waals surface area contributed by atoms with Gasteiger partial charge in [-0.3, -0.25) is 9.59 Å². The first-order valence-corrected chi connectivity index (χ1v) is 8.84. The Morgan fingerprint density at radius 2 is 2.04 bits per heavy atom. The number of benzene rings is 1. The monoisotopic (exact) mass is 379 g/mol. The maximum Gasteiger partial charge on any atom is 0.265 e. The van der Waals surface area contributed by atoms with E-state index in [0.717, 1.165) is 6.42 Å². The third kappa shape index (κ3) is 4.21. The van der Waals surface area contributed by atoms with Crippen LogP contribution in [0.1, 0.15) is 33.4 Å². The summed E-state index contributed by atoms with van der Waals surface area (Å²) in [5, 5.41) is 4.70. The molecule has 3 N–H and O–H groups in total. The second kappa shape index (κ2) is 7.99. The Bertz CT molecular complexity index is 751. The van der Waals surface area contributed by atoms with Crippen LogP contribution in [0.5, 0.6) is 0 Å². The topological polar surface area (TPSA) is 75.4 Å². The Balaban J connectivity index is 0.00000225. The van der Waals surface area contributed by atoms with Crippen LogP contribution in [0.3, 0.4) is 0 Å². The van der Waals surface area contributed by atoms with Gasteiger partial charge in [-0.1, -0.05) is 25.1 Å². The van der Waals surface area contributed by atoms with Gasteiger partial charge < -0.3 is 16.0 Å². The number of halogens is 1. The van der Waals surface area contributed by atoms with Crippen LogP contribution in [0.15, 0.2) is 41.8 Å². The zero-order chi connectivity index (χ0) is 17.2. The summed E-state index contributed by atoms with van der Waals surface area (Å²) in [5.41, 5.74) is 6.86. The van der Waals surface area contributed by atoms with Crippen LogP contribution >= 0.6 is 23.7 Å². The van der Waals surface area contributed by atoms with Crippen LogP contribution in [0, 0.1) is 5.41 Å². The number of para-hydroxylation sites is 1. The number of amides is 2. The lowest BCUT2D eigenvalue weighted by atomic mass is 9.90. The van der Waals surface area contributed by atoms with Crippen molar-refractivity contribution in [1.29, 1.82) is 0 Å². The zero-order valence-electron chi connectivity index (χ0n) is 14.0. The molecule has 0 aliphatic carbocycles. The third-order valence-corrected chi connectivity index (χ3v) is 5.36. The summed E-state index contributed by atoms with van der Waals surface area (Å²) in [6.07, 6.45) is 0.902. The van der Waals surface area contributed by atoms with Gasteiger partial charge in [0, 0.05) is 13.1 Å². The van der Waals surface area contributed by atoms with E-state index in [1.54, 1.807) is 18.2 Å². The molecule has 3 rings (SSSR count). The summed E-state index contributed by atoms with van der Waals surface area (Å²) >= 11 is 1.37. The first kappa shape index (κ1) is 19.4. The van der Waals surface area contributed by atoms with Gasteiger partial charge in [-0.25, -0.2) is 0 Å². The van der Waals surface area contributed by atoms with Crippen molar-refractivity contribution in [2.75, 3.05) is 25.0 Å². The van der Waals surface area contributed by atoms with Crippen molar-refractivity contribution in [1.82, 2.24) is 4.90 Å². The first-order valence-electron chi connectivity index (χ1n) is 7.96. The molecular weight excluding hydrogens is 358 g/mol. The van der Waals surface area contributed by atoms with Crippen molar-refractivity contribution in [2.45, 2.75) is 13.3 Å². The lowest BCUT2D eigenvalue weighted by molar-refractivity contribution is 0.0778. The zero-order valence-corrected chi connectivity index (χ0v) is 15.7. The molecule has 1 aliphatic rings. The lowest BCUT2D eigenvalue weighted by Gasteiger charge is -2.23. The highest BCUT2D eigenvalue weighted by Gasteiger charge is 2.35. The third-order valence-electron chi connectivity index (χ3n) is 4.49. The largest absolute Gasteiger partial charge is 0.338 e. The number of nitrogens with zero attached hydrogens (tertiary/aromatic N) is 1. The number of hydrogen-bond acceptors (Lipinski definition) is 4. The molecule has 2 heterocycles. The Morgan fingerprint density at radius 3 is 2.68 bits per heavy atom. The van der Waals surface area contributed by atoms with E-state index in [1.165, 1.54) is 11.3 Å². The minimum atomic E-state index is -0.196. The fraction of sp³-hybridized carbons (Fsp3) is 0.333. The molecule has 1 aliphatic heterocycles. The van der Waals surface area contributed by atoms with E-state index in [4.69, 9.17) is 5.73 Å². The fourth-order valence-electron chi connectivity index (χ4n) is 2.90. The molecule has 2 aromatic rings. The first-order chi connectivity index (χ1) is 11.5. The summed E-state index contributed by atoms with van der Waals surface area (Å²) < 4.78 is 0. The quantitative estimate of drug-likeness (QED) is 0.856. The van der Waals surface area contributed by atoms with Crippen molar-refractivity contribution in [3.8, 4) is 0 Å². The maximum absolute atomic E-state index is 12.9. The Labute approximate surface area is 157 Å². The molecule has 1 aromatic carbocycles. The van der Waals surface area contributed by atoms with Gasteiger partial charge >= 0.3 is 0 Å². The molecule has 5 nitrogen and oxygen atoms in total. The fourth-order valence-corrected chi connectivity index (χ4v) is 3.52. The second-order valence-electron chi connectivity index (χ2n) is 6.47.